The summed E-state index contributed by atoms with van der Waals surface area (Å²) in [5.41, 5.74) is -0.992. The molecule has 1 aliphatic heterocycles. The predicted octanol–water partition coefficient (Wildman–Crippen LogP) is 0.701. The summed E-state index contributed by atoms with van der Waals surface area (Å²) < 4.78 is 38.2. The van der Waals surface area contributed by atoms with E-state index >= 15 is 0 Å². The van der Waals surface area contributed by atoms with Crippen LogP contribution in [0.3, 0.4) is 0 Å². The van der Waals surface area contributed by atoms with Gasteiger partial charge in [-0.25, -0.2) is 0 Å². The van der Waals surface area contributed by atoms with E-state index in [1.165, 1.54) is 0 Å². The van der Waals surface area contributed by atoms with Gasteiger partial charge in [0, 0.05) is 0 Å². The van der Waals surface area contributed by atoms with Crippen molar-refractivity contribution in [1.29, 1.82) is 0 Å². The summed E-state index contributed by atoms with van der Waals surface area (Å²) in [6, 6.07) is 2.14. The number of piperazine rings is 1. The molecule has 1 saturated heterocycles. The maximum atomic E-state index is 12.7. The lowest BCUT2D eigenvalue weighted by molar-refractivity contribution is -0.907. The molecule has 0 saturated carbocycles. The van der Waals surface area contributed by atoms with Crippen LogP contribution >= 0.6 is 11.6 Å². The third kappa shape index (κ3) is 4.35. The smallest absolute Gasteiger partial charge is 0.346 e. The van der Waals surface area contributed by atoms with Crippen LogP contribution in [0.2, 0.25) is 5.02 Å². The number of hydrogen-bond acceptors (Lipinski definition) is 2. The van der Waals surface area contributed by atoms with Crippen LogP contribution in [0.15, 0.2) is 18.2 Å². The second-order valence-electron chi connectivity index (χ2n) is 5.34. The molecule has 0 spiro atoms. The minimum atomic E-state index is -4.52. The zero-order valence-corrected chi connectivity index (χ0v) is 13.0. The first-order chi connectivity index (χ1) is 10.7. The quantitative estimate of drug-likeness (QED) is 0.751. The molecule has 0 aromatic heterocycles. The van der Waals surface area contributed by atoms with E-state index in [0.717, 1.165) is 23.1 Å². The van der Waals surface area contributed by atoms with Crippen LogP contribution in [-0.4, -0.2) is 37.5 Å². The molecule has 23 heavy (non-hydrogen) atoms. The van der Waals surface area contributed by atoms with E-state index in [0.29, 0.717) is 13.1 Å². The molecular weight excluding hydrogens is 335 g/mol. The van der Waals surface area contributed by atoms with Crippen LogP contribution in [0.25, 0.3) is 0 Å². The van der Waals surface area contributed by atoms with E-state index in [1.54, 1.807) is 6.92 Å². The number of carbonyl (C=O) groups excluding carboxylic acids is 2. The molecule has 0 radical (unpaired) electrons. The molecule has 0 bridgehead atoms. The minimum Gasteiger partial charge on any atom is -0.346 e. The van der Waals surface area contributed by atoms with E-state index in [9.17, 15) is 22.8 Å². The molecule has 5 nitrogen and oxygen atoms in total. The van der Waals surface area contributed by atoms with Gasteiger partial charge in [0.15, 0.2) is 12.6 Å². The summed E-state index contributed by atoms with van der Waals surface area (Å²) in [4.78, 5) is 24.3. The van der Waals surface area contributed by atoms with E-state index < -0.39 is 23.7 Å². The summed E-state index contributed by atoms with van der Waals surface area (Å²) >= 11 is 5.85. The largest absolute Gasteiger partial charge is 0.416 e. The minimum absolute atomic E-state index is 0.0185. The summed E-state index contributed by atoms with van der Waals surface area (Å²) in [6.07, 6.45) is -4.52. The zero-order valence-electron chi connectivity index (χ0n) is 12.3. The van der Waals surface area contributed by atoms with Gasteiger partial charge in [-0.1, -0.05) is 11.6 Å². The Balaban J connectivity index is 2.11. The van der Waals surface area contributed by atoms with Crippen LogP contribution in [0.4, 0.5) is 18.9 Å². The fourth-order valence-corrected chi connectivity index (χ4v) is 2.48. The van der Waals surface area contributed by atoms with Crippen molar-refractivity contribution in [1.82, 2.24) is 5.32 Å². The van der Waals surface area contributed by atoms with Crippen molar-refractivity contribution in [3.63, 3.8) is 0 Å². The number of amides is 2. The maximum Gasteiger partial charge on any atom is 0.416 e. The molecule has 2 rings (SSSR count). The normalized spacial score (nSPS) is 19.9. The Hall–Kier alpha value is -1.80. The van der Waals surface area contributed by atoms with Gasteiger partial charge in [-0.2, -0.15) is 13.2 Å². The highest BCUT2D eigenvalue weighted by Gasteiger charge is 2.33. The molecule has 1 fully saturated rings. The van der Waals surface area contributed by atoms with E-state index in [2.05, 4.69) is 10.6 Å². The lowest BCUT2D eigenvalue weighted by atomic mass is 10.1. The second kappa shape index (κ2) is 6.76. The third-order valence-corrected chi connectivity index (χ3v) is 4.04. The van der Waals surface area contributed by atoms with Crippen molar-refractivity contribution in [3.8, 4) is 0 Å². The number of anilines is 1. The van der Waals surface area contributed by atoms with Gasteiger partial charge in [-0.15, -0.1) is 0 Å². The summed E-state index contributed by atoms with van der Waals surface area (Å²) in [5, 5.41) is 5.08. The first kappa shape index (κ1) is 17.6. The van der Waals surface area contributed by atoms with Crippen LogP contribution in [-0.2, 0) is 15.8 Å². The number of alkyl halides is 3. The number of carbonyl (C=O) groups is 2. The molecule has 3 N–H and O–H groups in total. The van der Waals surface area contributed by atoms with E-state index in [4.69, 9.17) is 11.6 Å². The first-order valence-electron chi connectivity index (χ1n) is 6.97. The number of rotatable bonds is 3. The molecule has 9 heteroatoms. The van der Waals surface area contributed by atoms with Crippen molar-refractivity contribution >= 4 is 29.1 Å². The standard InChI is InChI=1S/C14H15ClF3N3O2/c1-8(21-5-4-19-12(22)7-21)13(23)20-11-6-9(14(16,17)18)2-3-10(11)15/h2-3,6,8H,4-5,7H2,1H3,(H,19,22)(H,20,23)/p+1/t8-/m0/s1. The van der Waals surface area contributed by atoms with Gasteiger partial charge in [0.25, 0.3) is 11.8 Å². The van der Waals surface area contributed by atoms with E-state index in [1.807, 2.05) is 0 Å². The Labute approximate surface area is 135 Å². The predicted molar refractivity (Wildman–Crippen MR) is 78.3 cm³/mol. The Kier molecular flexibility index (Phi) is 5.16. The fraction of sp³-hybridized carbons (Fsp3) is 0.429. The van der Waals surface area contributed by atoms with Gasteiger partial charge in [0.05, 0.1) is 29.4 Å². The van der Waals surface area contributed by atoms with Crippen molar-refractivity contribution in [3.05, 3.63) is 28.8 Å². The molecule has 2 atom stereocenters. The number of hydrogen-bond donors (Lipinski definition) is 3. The molecule has 1 unspecified atom stereocenters. The third-order valence-electron chi connectivity index (χ3n) is 3.71. The monoisotopic (exact) mass is 350 g/mol. The second-order valence-corrected chi connectivity index (χ2v) is 5.75. The van der Waals surface area contributed by atoms with Gasteiger partial charge < -0.3 is 15.5 Å². The Morgan fingerprint density at radius 3 is 2.74 bits per heavy atom. The average molecular weight is 351 g/mol. The van der Waals surface area contributed by atoms with Crippen LogP contribution < -0.4 is 15.5 Å². The molecule has 1 aliphatic rings. The zero-order chi connectivity index (χ0) is 17.2. The fourth-order valence-electron chi connectivity index (χ4n) is 2.31. The van der Waals surface area contributed by atoms with Crippen molar-refractivity contribution in [2.24, 2.45) is 0 Å². The molecule has 1 aromatic carbocycles. The summed E-state index contributed by atoms with van der Waals surface area (Å²) in [6.45, 7) is 2.78. The highest BCUT2D eigenvalue weighted by molar-refractivity contribution is 6.33. The lowest BCUT2D eigenvalue weighted by Crippen LogP contribution is -3.19. The van der Waals surface area contributed by atoms with Gasteiger partial charge in [-0.3, -0.25) is 9.59 Å². The molecule has 0 aliphatic carbocycles. The van der Waals surface area contributed by atoms with Crippen LogP contribution in [0.1, 0.15) is 12.5 Å². The van der Waals surface area contributed by atoms with Gasteiger partial charge in [0.2, 0.25) is 0 Å². The van der Waals surface area contributed by atoms with E-state index in [-0.39, 0.29) is 23.2 Å². The van der Waals surface area contributed by atoms with Crippen LogP contribution in [0, 0.1) is 0 Å². The number of benzene rings is 1. The van der Waals surface area contributed by atoms with Gasteiger partial charge in [-0.05, 0) is 25.1 Å². The Morgan fingerprint density at radius 1 is 1.43 bits per heavy atom. The molecule has 1 aromatic rings. The number of quaternary nitrogens is 1. The number of nitrogens with one attached hydrogen (secondary N) is 3. The van der Waals surface area contributed by atoms with Crippen molar-refractivity contribution < 1.29 is 27.7 Å². The molecular formula is C14H16ClF3N3O2+. The Bertz CT molecular complexity index is 622. The summed E-state index contributed by atoms with van der Waals surface area (Å²) in [7, 11) is 0. The van der Waals surface area contributed by atoms with Crippen molar-refractivity contribution in [2.75, 3.05) is 25.0 Å². The lowest BCUT2D eigenvalue weighted by Gasteiger charge is -2.28. The molecule has 126 valence electrons. The maximum absolute atomic E-state index is 12.7. The molecule has 1 heterocycles. The van der Waals surface area contributed by atoms with Gasteiger partial charge in [0.1, 0.15) is 0 Å². The molecule has 2 amide bonds. The van der Waals surface area contributed by atoms with Crippen molar-refractivity contribution in [2.45, 2.75) is 19.1 Å². The highest BCUT2D eigenvalue weighted by Crippen LogP contribution is 2.33. The Morgan fingerprint density at radius 2 is 2.13 bits per heavy atom. The SMILES string of the molecule is C[C@@H](C(=O)Nc1cc(C(F)(F)F)ccc1Cl)[NH+]1CCNC(=O)C1. The average Bonchev–Trinajstić information content (AvgIpc) is 2.47. The van der Waals surface area contributed by atoms with Crippen LogP contribution in [0.5, 0.6) is 0 Å². The number of halogens is 4. The highest BCUT2D eigenvalue weighted by atomic mass is 35.5. The summed E-state index contributed by atoms with van der Waals surface area (Å²) in [5.74, 6) is -0.654. The first-order valence-corrected chi connectivity index (χ1v) is 7.35. The van der Waals surface area contributed by atoms with Gasteiger partial charge >= 0.3 is 6.18 Å². The topological polar surface area (TPSA) is 62.6 Å².